The van der Waals surface area contributed by atoms with Crippen molar-refractivity contribution >= 4 is 23.2 Å². The molecule has 1 aromatic carbocycles. The Hall–Kier alpha value is -0.240. The summed E-state index contributed by atoms with van der Waals surface area (Å²) in [6.07, 6.45) is 3.15. The zero-order chi connectivity index (χ0) is 9.42. The third-order valence-electron chi connectivity index (χ3n) is 2.57. The van der Waals surface area contributed by atoms with Gasteiger partial charge in [-0.1, -0.05) is 29.3 Å². The van der Waals surface area contributed by atoms with Crippen molar-refractivity contribution in [1.82, 2.24) is 0 Å². The standard InChI is InChI=1S/C10H11Cl2N/c11-8-5-4-6-7(10(8)12)2-1-3-9(6)13/h4-5,9H,1-3,13H2/t9-/m0/s1. The van der Waals surface area contributed by atoms with Gasteiger partial charge in [0.1, 0.15) is 0 Å². The zero-order valence-electron chi connectivity index (χ0n) is 7.19. The highest BCUT2D eigenvalue weighted by molar-refractivity contribution is 6.42. The largest absolute Gasteiger partial charge is 0.324 e. The maximum Gasteiger partial charge on any atom is 0.0627 e. The second-order valence-corrected chi connectivity index (χ2v) is 4.21. The number of hydrogen-bond donors (Lipinski definition) is 1. The Kier molecular flexibility index (Phi) is 2.50. The second-order valence-electron chi connectivity index (χ2n) is 3.43. The Morgan fingerprint density at radius 3 is 2.85 bits per heavy atom. The molecule has 0 unspecified atom stereocenters. The van der Waals surface area contributed by atoms with Crippen LogP contribution in [0.5, 0.6) is 0 Å². The Bertz CT molecular complexity index is 336. The lowest BCUT2D eigenvalue weighted by atomic mass is 9.88. The molecule has 3 heteroatoms. The molecule has 0 bridgehead atoms. The number of halogens is 2. The lowest BCUT2D eigenvalue weighted by Crippen LogP contribution is -2.17. The molecule has 0 heterocycles. The summed E-state index contributed by atoms with van der Waals surface area (Å²) in [5.41, 5.74) is 8.28. The molecular formula is C10H11Cl2N. The molecule has 0 saturated carbocycles. The fraction of sp³-hybridized carbons (Fsp3) is 0.400. The molecule has 1 aliphatic carbocycles. The summed E-state index contributed by atoms with van der Waals surface area (Å²) in [4.78, 5) is 0. The molecular weight excluding hydrogens is 205 g/mol. The van der Waals surface area contributed by atoms with Gasteiger partial charge in [0.25, 0.3) is 0 Å². The molecule has 1 aliphatic rings. The van der Waals surface area contributed by atoms with Crippen molar-refractivity contribution in [2.45, 2.75) is 25.3 Å². The van der Waals surface area contributed by atoms with Crippen molar-refractivity contribution in [3.63, 3.8) is 0 Å². The maximum atomic E-state index is 6.09. The Labute approximate surface area is 87.8 Å². The van der Waals surface area contributed by atoms with Crippen molar-refractivity contribution in [2.24, 2.45) is 5.73 Å². The van der Waals surface area contributed by atoms with E-state index in [0.717, 1.165) is 24.8 Å². The lowest BCUT2D eigenvalue weighted by Gasteiger charge is -2.23. The van der Waals surface area contributed by atoms with E-state index in [1.165, 1.54) is 5.56 Å². The lowest BCUT2D eigenvalue weighted by molar-refractivity contribution is 0.570. The second kappa shape index (κ2) is 3.49. The first-order valence-corrected chi connectivity index (χ1v) is 5.18. The average molecular weight is 216 g/mol. The van der Waals surface area contributed by atoms with Crippen LogP contribution in [0.25, 0.3) is 0 Å². The molecule has 0 aliphatic heterocycles. The minimum absolute atomic E-state index is 0.138. The molecule has 0 amide bonds. The summed E-state index contributed by atoms with van der Waals surface area (Å²) in [5.74, 6) is 0. The minimum Gasteiger partial charge on any atom is -0.324 e. The summed E-state index contributed by atoms with van der Waals surface area (Å²) in [6.45, 7) is 0. The van der Waals surface area contributed by atoms with Gasteiger partial charge >= 0.3 is 0 Å². The highest BCUT2D eigenvalue weighted by atomic mass is 35.5. The van der Waals surface area contributed by atoms with Crippen molar-refractivity contribution < 1.29 is 0 Å². The van der Waals surface area contributed by atoms with Crippen LogP contribution in [-0.2, 0) is 6.42 Å². The zero-order valence-corrected chi connectivity index (χ0v) is 8.70. The van der Waals surface area contributed by atoms with Crippen LogP contribution in [0.15, 0.2) is 12.1 Å². The smallest absolute Gasteiger partial charge is 0.0627 e. The van der Waals surface area contributed by atoms with Crippen LogP contribution in [-0.4, -0.2) is 0 Å². The molecule has 0 saturated heterocycles. The Morgan fingerprint density at radius 1 is 1.31 bits per heavy atom. The fourth-order valence-electron chi connectivity index (χ4n) is 1.86. The normalized spacial score (nSPS) is 21.3. The summed E-state index contributed by atoms with van der Waals surface area (Å²) in [5, 5.41) is 1.32. The van der Waals surface area contributed by atoms with E-state index in [1.807, 2.05) is 12.1 Å². The number of rotatable bonds is 0. The number of hydrogen-bond acceptors (Lipinski definition) is 1. The van der Waals surface area contributed by atoms with Gasteiger partial charge in [0.15, 0.2) is 0 Å². The van der Waals surface area contributed by atoms with Crippen LogP contribution in [0.1, 0.15) is 30.0 Å². The number of nitrogens with two attached hydrogens (primary N) is 1. The summed E-state index contributed by atoms with van der Waals surface area (Å²) >= 11 is 12.0. The predicted molar refractivity (Wildman–Crippen MR) is 56.3 cm³/mol. The molecule has 0 spiro atoms. The molecule has 1 nitrogen and oxygen atoms in total. The topological polar surface area (TPSA) is 26.0 Å². The van der Waals surface area contributed by atoms with E-state index in [1.54, 1.807) is 0 Å². The van der Waals surface area contributed by atoms with Crippen LogP contribution >= 0.6 is 23.2 Å². The Morgan fingerprint density at radius 2 is 2.08 bits per heavy atom. The van der Waals surface area contributed by atoms with E-state index in [9.17, 15) is 0 Å². The van der Waals surface area contributed by atoms with E-state index >= 15 is 0 Å². The molecule has 0 aromatic heterocycles. The number of fused-ring (bicyclic) bond motifs is 1. The molecule has 1 aromatic rings. The van der Waals surface area contributed by atoms with Crippen molar-refractivity contribution in [3.05, 3.63) is 33.3 Å². The van der Waals surface area contributed by atoms with Crippen LogP contribution in [0.3, 0.4) is 0 Å². The average Bonchev–Trinajstić information content (AvgIpc) is 2.12. The first-order chi connectivity index (χ1) is 6.20. The van der Waals surface area contributed by atoms with E-state index < -0.39 is 0 Å². The Balaban J connectivity index is 2.56. The molecule has 0 radical (unpaired) electrons. The first kappa shape index (κ1) is 9.32. The molecule has 70 valence electrons. The summed E-state index contributed by atoms with van der Waals surface area (Å²) in [7, 11) is 0. The third kappa shape index (κ3) is 1.56. The van der Waals surface area contributed by atoms with Crippen molar-refractivity contribution in [3.8, 4) is 0 Å². The maximum absolute atomic E-state index is 6.09. The van der Waals surface area contributed by atoms with Gasteiger partial charge in [-0.3, -0.25) is 0 Å². The molecule has 13 heavy (non-hydrogen) atoms. The number of benzene rings is 1. The van der Waals surface area contributed by atoms with Crippen LogP contribution < -0.4 is 5.73 Å². The van der Waals surface area contributed by atoms with Crippen LogP contribution in [0, 0.1) is 0 Å². The predicted octanol–water partition coefficient (Wildman–Crippen LogP) is 3.33. The van der Waals surface area contributed by atoms with Crippen LogP contribution in [0.4, 0.5) is 0 Å². The summed E-state index contributed by atoms with van der Waals surface area (Å²) < 4.78 is 0. The van der Waals surface area contributed by atoms with E-state index in [2.05, 4.69) is 0 Å². The van der Waals surface area contributed by atoms with E-state index in [-0.39, 0.29) is 6.04 Å². The van der Waals surface area contributed by atoms with Gasteiger partial charge in [0, 0.05) is 6.04 Å². The highest BCUT2D eigenvalue weighted by Gasteiger charge is 2.19. The van der Waals surface area contributed by atoms with E-state index in [0.29, 0.717) is 10.0 Å². The quantitative estimate of drug-likeness (QED) is 0.707. The van der Waals surface area contributed by atoms with Gasteiger partial charge in [-0.25, -0.2) is 0 Å². The molecule has 1 atom stereocenters. The first-order valence-electron chi connectivity index (χ1n) is 4.42. The van der Waals surface area contributed by atoms with Gasteiger partial charge in [-0.05, 0) is 36.5 Å². The fourth-order valence-corrected chi connectivity index (χ4v) is 2.31. The molecule has 2 rings (SSSR count). The van der Waals surface area contributed by atoms with E-state index in [4.69, 9.17) is 28.9 Å². The van der Waals surface area contributed by atoms with Gasteiger partial charge in [-0.15, -0.1) is 0 Å². The summed E-state index contributed by atoms with van der Waals surface area (Å²) in [6, 6.07) is 3.96. The molecule has 0 fully saturated rings. The van der Waals surface area contributed by atoms with Gasteiger partial charge < -0.3 is 5.73 Å². The minimum atomic E-state index is 0.138. The van der Waals surface area contributed by atoms with Crippen molar-refractivity contribution in [1.29, 1.82) is 0 Å². The molecule has 2 N–H and O–H groups in total. The SMILES string of the molecule is N[C@H]1CCCc2c1ccc(Cl)c2Cl. The van der Waals surface area contributed by atoms with Gasteiger partial charge in [0.2, 0.25) is 0 Å². The van der Waals surface area contributed by atoms with Gasteiger partial charge in [0.05, 0.1) is 10.0 Å². The van der Waals surface area contributed by atoms with Crippen LogP contribution in [0.2, 0.25) is 10.0 Å². The van der Waals surface area contributed by atoms with Crippen molar-refractivity contribution in [2.75, 3.05) is 0 Å². The highest BCUT2D eigenvalue weighted by Crippen LogP contribution is 2.36. The van der Waals surface area contributed by atoms with Gasteiger partial charge in [-0.2, -0.15) is 0 Å². The third-order valence-corrected chi connectivity index (χ3v) is 3.42. The monoisotopic (exact) mass is 215 g/mol.